The minimum absolute atomic E-state index is 0.0605. The van der Waals surface area contributed by atoms with Crippen molar-refractivity contribution in [2.45, 2.75) is 18.9 Å². The highest BCUT2D eigenvalue weighted by atomic mass is 35.5. The predicted molar refractivity (Wildman–Crippen MR) is 57.8 cm³/mol. The van der Waals surface area contributed by atoms with Gasteiger partial charge in [-0.15, -0.1) is 0 Å². The van der Waals surface area contributed by atoms with Gasteiger partial charge in [0.2, 0.25) is 0 Å². The second-order valence-corrected chi connectivity index (χ2v) is 3.71. The topological polar surface area (TPSA) is 48.6 Å². The number of rotatable bonds is 2. The molecule has 0 saturated carbocycles. The normalized spacial score (nSPS) is 16.8. The third-order valence-corrected chi connectivity index (χ3v) is 2.46. The number of hydrogen-bond acceptors (Lipinski definition) is 4. The zero-order valence-electron chi connectivity index (χ0n) is 8.52. The van der Waals surface area contributed by atoms with E-state index in [-0.39, 0.29) is 17.2 Å². The smallest absolute Gasteiger partial charge is 0.317 e. The van der Waals surface area contributed by atoms with Gasteiger partial charge in [-0.25, -0.2) is 4.98 Å². The van der Waals surface area contributed by atoms with Crippen molar-refractivity contribution in [3.8, 4) is 5.75 Å². The van der Waals surface area contributed by atoms with Gasteiger partial charge in [0, 0.05) is 12.8 Å². The van der Waals surface area contributed by atoms with Crippen molar-refractivity contribution in [1.82, 2.24) is 9.97 Å². The standard InChI is InChI=1S/C10H10ClN3O2/c1-12-9-8(6-13-10(11)14-9)16-7-2-4-15-5-3-7/h6-7H,2-5H2. The van der Waals surface area contributed by atoms with Crippen molar-refractivity contribution < 1.29 is 9.47 Å². The van der Waals surface area contributed by atoms with Crippen LogP contribution in [0.2, 0.25) is 5.28 Å². The van der Waals surface area contributed by atoms with Gasteiger partial charge in [0.15, 0.2) is 5.75 Å². The van der Waals surface area contributed by atoms with Crippen LogP contribution in [0.1, 0.15) is 12.8 Å². The van der Waals surface area contributed by atoms with Crippen LogP contribution in [0.15, 0.2) is 6.20 Å². The van der Waals surface area contributed by atoms with E-state index >= 15 is 0 Å². The van der Waals surface area contributed by atoms with Crippen molar-refractivity contribution in [2.75, 3.05) is 13.2 Å². The summed E-state index contributed by atoms with van der Waals surface area (Å²) < 4.78 is 10.9. The van der Waals surface area contributed by atoms with Gasteiger partial charge in [0.25, 0.3) is 0 Å². The quantitative estimate of drug-likeness (QED) is 0.587. The van der Waals surface area contributed by atoms with Crippen molar-refractivity contribution >= 4 is 17.4 Å². The summed E-state index contributed by atoms with van der Waals surface area (Å²) in [4.78, 5) is 10.9. The molecule has 0 unspecified atom stereocenters. The monoisotopic (exact) mass is 239 g/mol. The van der Waals surface area contributed by atoms with Crippen molar-refractivity contribution in [2.24, 2.45) is 0 Å². The van der Waals surface area contributed by atoms with Crippen molar-refractivity contribution in [3.05, 3.63) is 22.9 Å². The first-order chi connectivity index (χ1) is 7.79. The minimum atomic E-state index is 0.0605. The Bertz CT molecular complexity index is 413. The minimum Gasteiger partial charge on any atom is -0.498 e. The molecule has 2 rings (SSSR count). The number of nitrogens with zero attached hydrogens (tertiary/aromatic N) is 3. The average Bonchev–Trinajstić information content (AvgIpc) is 2.33. The zero-order chi connectivity index (χ0) is 11.4. The van der Waals surface area contributed by atoms with Gasteiger partial charge in [0.1, 0.15) is 6.10 Å². The van der Waals surface area contributed by atoms with Gasteiger partial charge >= 0.3 is 11.1 Å². The highest BCUT2D eigenvalue weighted by Gasteiger charge is 2.18. The maximum Gasteiger partial charge on any atom is 0.317 e. The number of ether oxygens (including phenoxy) is 2. The molecule has 0 atom stereocenters. The third-order valence-electron chi connectivity index (χ3n) is 2.27. The van der Waals surface area contributed by atoms with E-state index in [1.165, 1.54) is 6.20 Å². The van der Waals surface area contributed by atoms with Gasteiger partial charge in [-0.2, -0.15) is 0 Å². The van der Waals surface area contributed by atoms with Crippen LogP contribution in [0.25, 0.3) is 4.85 Å². The number of aromatic nitrogens is 2. The molecule has 6 heteroatoms. The molecule has 1 aliphatic heterocycles. The Balaban J connectivity index is 2.11. The summed E-state index contributed by atoms with van der Waals surface area (Å²) in [6.07, 6.45) is 3.15. The SMILES string of the molecule is [C-]#[N+]c1nc(Cl)ncc1OC1CCOCC1. The van der Waals surface area contributed by atoms with Gasteiger partial charge < -0.3 is 14.3 Å². The molecule has 5 nitrogen and oxygen atoms in total. The van der Waals surface area contributed by atoms with Gasteiger partial charge in [-0.3, -0.25) is 0 Å². The second-order valence-electron chi connectivity index (χ2n) is 3.37. The molecule has 16 heavy (non-hydrogen) atoms. The largest absolute Gasteiger partial charge is 0.498 e. The van der Waals surface area contributed by atoms with Crippen LogP contribution in [0.3, 0.4) is 0 Å². The first-order valence-electron chi connectivity index (χ1n) is 4.94. The van der Waals surface area contributed by atoms with Gasteiger partial charge in [0.05, 0.1) is 19.4 Å². The van der Waals surface area contributed by atoms with Gasteiger partial charge in [-0.05, 0) is 11.6 Å². The maximum atomic E-state index is 6.97. The molecule has 0 N–H and O–H groups in total. The van der Waals surface area contributed by atoms with E-state index in [2.05, 4.69) is 14.8 Å². The van der Waals surface area contributed by atoms with Crippen LogP contribution in [-0.2, 0) is 4.74 Å². The highest BCUT2D eigenvalue weighted by Crippen LogP contribution is 2.27. The Morgan fingerprint density at radius 1 is 1.50 bits per heavy atom. The molecule has 1 saturated heterocycles. The number of hydrogen-bond donors (Lipinski definition) is 0. The number of halogens is 1. The molecule has 0 amide bonds. The molecule has 0 bridgehead atoms. The predicted octanol–water partition coefficient (Wildman–Crippen LogP) is 2.24. The molecule has 84 valence electrons. The average molecular weight is 240 g/mol. The second kappa shape index (κ2) is 5.10. The van der Waals surface area contributed by atoms with E-state index in [1.54, 1.807) is 0 Å². The Labute approximate surface area is 98.2 Å². The maximum absolute atomic E-state index is 6.97. The summed E-state index contributed by atoms with van der Waals surface area (Å²) in [6.45, 7) is 8.34. The molecule has 0 aliphatic carbocycles. The fourth-order valence-corrected chi connectivity index (χ4v) is 1.61. The van der Waals surface area contributed by atoms with E-state index in [1.807, 2.05) is 0 Å². The molecule has 1 aliphatic rings. The summed E-state index contributed by atoms with van der Waals surface area (Å²) in [5.41, 5.74) is 0. The van der Waals surface area contributed by atoms with E-state index < -0.39 is 0 Å². The Kier molecular flexibility index (Phi) is 3.54. The summed E-state index contributed by atoms with van der Waals surface area (Å²) in [6, 6.07) is 0. The van der Waals surface area contributed by atoms with Crippen LogP contribution in [0.4, 0.5) is 5.82 Å². The zero-order valence-corrected chi connectivity index (χ0v) is 9.28. The third kappa shape index (κ3) is 2.60. The van der Waals surface area contributed by atoms with Crippen molar-refractivity contribution in [3.63, 3.8) is 0 Å². The molecule has 0 aromatic carbocycles. The lowest BCUT2D eigenvalue weighted by molar-refractivity contribution is 0.0256. The van der Waals surface area contributed by atoms with E-state index in [4.69, 9.17) is 27.6 Å². The van der Waals surface area contributed by atoms with E-state index in [0.29, 0.717) is 19.0 Å². The van der Waals surface area contributed by atoms with Crippen LogP contribution < -0.4 is 4.74 Å². The summed E-state index contributed by atoms with van der Waals surface area (Å²) >= 11 is 5.60. The van der Waals surface area contributed by atoms with Crippen LogP contribution >= 0.6 is 11.6 Å². The van der Waals surface area contributed by atoms with Crippen LogP contribution in [-0.4, -0.2) is 29.3 Å². The Hall–Kier alpha value is -1.38. The lowest BCUT2D eigenvalue weighted by Gasteiger charge is -2.23. The molecular formula is C10H10ClN3O2. The fraction of sp³-hybridized carbons (Fsp3) is 0.500. The summed E-state index contributed by atoms with van der Waals surface area (Å²) in [7, 11) is 0. The lowest BCUT2D eigenvalue weighted by atomic mass is 10.1. The van der Waals surface area contributed by atoms with Gasteiger partial charge in [-0.1, -0.05) is 11.6 Å². The van der Waals surface area contributed by atoms with E-state index in [9.17, 15) is 0 Å². The molecule has 2 heterocycles. The molecule has 0 spiro atoms. The Morgan fingerprint density at radius 3 is 2.94 bits per heavy atom. The first kappa shape index (κ1) is 11.1. The highest BCUT2D eigenvalue weighted by molar-refractivity contribution is 6.28. The molecule has 1 fully saturated rings. The summed E-state index contributed by atoms with van der Waals surface area (Å²) in [5.74, 6) is 0.554. The Morgan fingerprint density at radius 2 is 2.25 bits per heavy atom. The summed E-state index contributed by atoms with van der Waals surface area (Å²) in [5, 5.41) is 0.0605. The van der Waals surface area contributed by atoms with Crippen LogP contribution in [0.5, 0.6) is 5.75 Å². The molecular weight excluding hydrogens is 230 g/mol. The molecule has 0 radical (unpaired) electrons. The molecule has 1 aromatic rings. The van der Waals surface area contributed by atoms with E-state index in [0.717, 1.165) is 12.8 Å². The van der Waals surface area contributed by atoms with Crippen molar-refractivity contribution in [1.29, 1.82) is 0 Å². The first-order valence-corrected chi connectivity index (χ1v) is 5.32. The molecule has 1 aromatic heterocycles. The van der Waals surface area contributed by atoms with Crippen LogP contribution in [0, 0.1) is 6.57 Å². The lowest BCUT2D eigenvalue weighted by Crippen LogP contribution is -2.26. The fourth-order valence-electron chi connectivity index (χ4n) is 1.48.